The second-order valence-corrected chi connectivity index (χ2v) is 6.09. The molecule has 3 nitrogen and oxygen atoms in total. The summed E-state index contributed by atoms with van der Waals surface area (Å²) in [4.78, 5) is 3.87. The molecule has 0 amide bonds. The van der Waals surface area contributed by atoms with Crippen molar-refractivity contribution in [3.63, 3.8) is 0 Å². The van der Waals surface area contributed by atoms with Gasteiger partial charge in [-0.05, 0) is 6.92 Å². The van der Waals surface area contributed by atoms with Gasteiger partial charge in [-0.15, -0.1) is 11.3 Å². The molecule has 0 aliphatic rings. The van der Waals surface area contributed by atoms with Crippen molar-refractivity contribution in [1.29, 1.82) is 0 Å². The second-order valence-electron chi connectivity index (χ2n) is 2.53. The average Bonchev–Trinajstić information content (AvgIpc) is 2.32. The number of nitrogens with zero attached hydrogens (tertiary/aromatic N) is 1. The lowest BCUT2D eigenvalue weighted by Crippen LogP contribution is -2.06. The van der Waals surface area contributed by atoms with Crippen molar-refractivity contribution >= 4 is 32.8 Å². The minimum absolute atomic E-state index is 0.104. The summed E-state index contributed by atoms with van der Waals surface area (Å²) in [6, 6.07) is 0. The first-order chi connectivity index (χ1) is 5.92. The van der Waals surface area contributed by atoms with Gasteiger partial charge in [-0.2, -0.15) is 0 Å². The van der Waals surface area contributed by atoms with Gasteiger partial charge in [0.05, 0.1) is 5.75 Å². The Labute approximate surface area is 86.0 Å². The molecule has 0 saturated carbocycles. The number of rotatable bonds is 3. The quantitative estimate of drug-likeness (QED) is 0.808. The fraction of sp³-hybridized carbons (Fsp3) is 0.286. The standard InChI is InChI=1S/C7H8ClNO2S2/c1-5(8)4-13(10,11)7-9-6(2)3-12-7/h3H,1,4H2,2H3. The molecule has 13 heavy (non-hydrogen) atoms. The van der Waals surface area contributed by atoms with Gasteiger partial charge < -0.3 is 0 Å². The highest BCUT2D eigenvalue weighted by Crippen LogP contribution is 2.18. The van der Waals surface area contributed by atoms with Crippen LogP contribution >= 0.6 is 22.9 Å². The van der Waals surface area contributed by atoms with E-state index in [1.54, 1.807) is 12.3 Å². The fourth-order valence-corrected chi connectivity index (χ4v) is 3.42. The van der Waals surface area contributed by atoms with Gasteiger partial charge in [-0.3, -0.25) is 0 Å². The van der Waals surface area contributed by atoms with Gasteiger partial charge in [-0.1, -0.05) is 18.2 Å². The van der Waals surface area contributed by atoms with Crippen molar-refractivity contribution in [1.82, 2.24) is 4.98 Å². The van der Waals surface area contributed by atoms with Crippen LogP contribution in [0.2, 0.25) is 0 Å². The number of sulfone groups is 1. The summed E-state index contributed by atoms with van der Waals surface area (Å²) in [7, 11) is -3.36. The normalized spacial score (nSPS) is 11.5. The summed E-state index contributed by atoms with van der Waals surface area (Å²) >= 11 is 6.52. The van der Waals surface area contributed by atoms with Gasteiger partial charge in [0.1, 0.15) is 0 Å². The first-order valence-corrected chi connectivity index (χ1v) is 6.31. The summed E-state index contributed by atoms with van der Waals surface area (Å²) in [5.74, 6) is -0.249. The Balaban J connectivity index is 3.01. The molecular weight excluding hydrogens is 230 g/mol. The summed E-state index contributed by atoms with van der Waals surface area (Å²) in [6.45, 7) is 5.08. The van der Waals surface area contributed by atoms with Gasteiger partial charge in [0.15, 0.2) is 0 Å². The van der Waals surface area contributed by atoms with Crippen LogP contribution in [0.1, 0.15) is 5.69 Å². The molecule has 1 aromatic heterocycles. The molecule has 1 aromatic rings. The Morgan fingerprint density at radius 3 is 2.77 bits per heavy atom. The molecule has 0 spiro atoms. The zero-order valence-electron chi connectivity index (χ0n) is 6.95. The molecule has 1 rings (SSSR count). The Morgan fingerprint density at radius 1 is 1.77 bits per heavy atom. The topological polar surface area (TPSA) is 47.0 Å². The summed E-state index contributed by atoms with van der Waals surface area (Å²) in [5.41, 5.74) is 0.698. The first-order valence-electron chi connectivity index (χ1n) is 3.40. The number of hydrogen-bond acceptors (Lipinski definition) is 4. The van der Waals surface area contributed by atoms with Crippen LogP contribution in [0.4, 0.5) is 0 Å². The number of aromatic nitrogens is 1. The van der Waals surface area contributed by atoms with Crippen LogP contribution in [0.5, 0.6) is 0 Å². The van der Waals surface area contributed by atoms with Crippen molar-refractivity contribution in [3.8, 4) is 0 Å². The fourth-order valence-electron chi connectivity index (χ4n) is 0.743. The van der Waals surface area contributed by atoms with E-state index in [-0.39, 0.29) is 15.1 Å². The first kappa shape index (κ1) is 10.7. The lowest BCUT2D eigenvalue weighted by molar-refractivity contribution is 0.597. The molecule has 0 unspecified atom stereocenters. The van der Waals surface area contributed by atoms with Crippen LogP contribution in [0.3, 0.4) is 0 Å². The SMILES string of the molecule is C=C(Cl)CS(=O)(=O)c1nc(C)cs1. The van der Waals surface area contributed by atoms with Crippen LogP contribution in [0.25, 0.3) is 0 Å². The lowest BCUT2D eigenvalue weighted by atomic mass is 10.6. The molecule has 0 N–H and O–H groups in total. The average molecular weight is 238 g/mol. The zero-order valence-corrected chi connectivity index (χ0v) is 9.34. The second kappa shape index (κ2) is 3.77. The van der Waals surface area contributed by atoms with E-state index in [1.165, 1.54) is 0 Å². The highest BCUT2D eigenvalue weighted by Gasteiger charge is 2.18. The Bertz CT molecular complexity index is 421. The number of hydrogen-bond donors (Lipinski definition) is 0. The highest BCUT2D eigenvalue weighted by atomic mass is 35.5. The van der Waals surface area contributed by atoms with Gasteiger partial charge in [-0.25, -0.2) is 13.4 Å². The Kier molecular flexibility index (Phi) is 3.10. The van der Waals surface area contributed by atoms with Crippen LogP contribution < -0.4 is 0 Å². The number of thiazole rings is 1. The molecule has 6 heteroatoms. The minimum Gasteiger partial charge on any atom is -0.231 e. The van der Waals surface area contributed by atoms with Crippen molar-refractivity contribution in [2.45, 2.75) is 11.3 Å². The largest absolute Gasteiger partial charge is 0.231 e. The predicted molar refractivity (Wildman–Crippen MR) is 53.9 cm³/mol. The Hall–Kier alpha value is -0.390. The zero-order chi connectivity index (χ0) is 10.1. The van der Waals surface area contributed by atoms with Gasteiger partial charge in [0, 0.05) is 16.1 Å². The number of aryl methyl sites for hydroxylation is 1. The molecule has 0 saturated heterocycles. The van der Waals surface area contributed by atoms with E-state index in [9.17, 15) is 8.42 Å². The van der Waals surface area contributed by atoms with Crippen molar-refractivity contribution in [2.24, 2.45) is 0 Å². The van der Waals surface area contributed by atoms with E-state index in [4.69, 9.17) is 11.6 Å². The predicted octanol–water partition coefficient (Wildman–Crippen LogP) is 1.98. The molecule has 0 bridgehead atoms. The van der Waals surface area contributed by atoms with Crippen LogP contribution in [-0.2, 0) is 9.84 Å². The molecule has 0 aliphatic carbocycles. The number of halogens is 1. The van der Waals surface area contributed by atoms with E-state index in [1.807, 2.05) is 0 Å². The molecule has 0 fully saturated rings. The smallest absolute Gasteiger partial charge is 0.210 e. The Morgan fingerprint density at radius 2 is 2.38 bits per heavy atom. The highest BCUT2D eigenvalue weighted by molar-refractivity contribution is 7.93. The molecule has 0 atom stereocenters. The van der Waals surface area contributed by atoms with Crippen molar-refractivity contribution in [3.05, 3.63) is 22.7 Å². The van der Waals surface area contributed by atoms with Crippen LogP contribution in [0.15, 0.2) is 21.3 Å². The molecule has 0 aromatic carbocycles. The molecule has 0 radical (unpaired) electrons. The summed E-state index contributed by atoms with van der Waals surface area (Å²) < 4.78 is 23.0. The molecule has 0 aliphatic heterocycles. The van der Waals surface area contributed by atoms with E-state index in [0.29, 0.717) is 5.69 Å². The minimum atomic E-state index is -3.36. The molecule has 72 valence electrons. The lowest BCUT2D eigenvalue weighted by Gasteiger charge is -1.96. The van der Waals surface area contributed by atoms with E-state index in [2.05, 4.69) is 11.6 Å². The van der Waals surface area contributed by atoms with E-state index < -0.39 is 9.84 Å². The van der Waals surface area contributed by atoms with Gasteiger partial charge in [0.25, 0.3) is 0 Å². The monoisotopic (exact) mass is 237 g/mol. The third-order valence-corrected chi connectivity index (χ3v) is 4.66. The maximum atomic E-state index is 11.5. The van der Waals surface area contributed by atoms with Crippen LogP contribution in [0, 0.1) is 6.92 Å². The maximum absolute atomic E-state index is 11.5. The van der Waals surface area contributed by atoms with Crippen molar-refractivity contribution < 1.29 is 8.42 Å². The summed E-state index contributed by atoms with van der Waals surface area (Å²) in [6.07, 6.45) is 0. The van der Waals surface area contributed by atoms with Crippen LogP contribution in [-0.4, -0.2) is 19.2 Å². The molecule has 1 heterocycles. The van der Waals surface area contributed by atoms with Gasteiger partial charge >= 0.3 is 0 Å². The third kappa shape index (κ3) is 2.79. The maximum Gasteiger partial charge on any atom is 0.210 e. The van der Waals surface area contributed by atoms with E-state index in [0.717, 1.165) is 11.3 Å². The van der Waals surface area contributed by atoms with E-state index >= 15 is 0 Å². The third-order valence-electron chi connectivity index (χ3n) is 1.21. The van der Waals surface area contributed by atoms with Gasteiger partial charge in [0.2, 0.25) is 14.2 Å². The molecular formula is C7H8ClNO2S2. The van der Waals surface area contributed by atoms with Crippen molar-refractivity contribution in [2.75, 3.05) is 5.75 Å². The summed E-state index contributed by atoms with van der Waals surface area (Å²) in [5, 5.41) is 1.79.